The van der Waals surface area contributed by atoms with Crippen molar-refractivity contribution in [3.63, 3.8) is 0 Å². The van der Waals surface area contributed by atoms with E-state index in [-0.39, 0.29) is 5.41 Å². The van der Waals surface area contributed by atoms with Crippen LogP contribution in [0.1, 0.15) is 120 Å². The number of fused-ring (bicyclic) bond motifs is 14. The minimum atomic E-state index is -0.208. The normalized spacial score (nSPS) is 20.1. The predicted molar refractivity (Wildman–Crippen MR) is 218 cm³/mol. The topological polar surface area (TPSA) is 23.3 Å². The minimum absolute atomic E-state index is 0.208. The summed E-state index contributed by atoms with van der Waals surface area (Å²) in [5, 5.41) is 2.70. The SMILES string of the molecule is Cc1cc(C)c2c(C)cc3[n+](c2c1)C1C(CN(/C(C(C)C)=[N+](\C)C(C)C)C(C)C)C1c1ccc2c(c1-3)C(C)(C)c1c-2oc2ccc(CC(C)C)cc12. The molecule has 0 saturated heterocycles. The summed E-state index contributed by atoms with van der Waals surface area (Å²) < 4.78 is 12.2. The molecule has 3 aliphatic rings. The van der Waals surface area contributed by atoms with E-state index in [4.69, 9.17) is 4.42 Å². The van der Waals surface area contributed by atoms with Crippen molar-refractivity contribution in [3.05, 3.63) is 87.5 Å². The van der Waals surface area contributed by atoms with Gasteiger partial charge in [0.25, 0.3) is 0 Å². The number of nitrogens with zero attached hydrogens (tertiary/aromatic N) is 3. The molecule has 4 nitrogen and oxygen atoms in total. The molecule has 0 amide bonds. The van der Waals surface area contributed by atoms with Gasteiger partial charge in [-0.1, -0.05) is 65.8 Å². The third-order valence-electron chi connectivity index (χ3n) is 12.9. The smallest absolute Gasteiger partial charge is 0.249 e. The number of hydrogen-bond donors (Lipinski definition) is 0. The van der Waals surface area contributed by atoms with Gasteiger partial charge in [0, 0.05) is 34.1 Å². The molecule has 0 bridgehead atoms. The van der Waals surface area contributed by atoms with Crippen LogP contribution in [-0.4, -0.2) is 41.0 Å². The molecule has 3 unspecified atom stereocenters. The Morgan fingerprint density at radius 3 is 2.25 bits per heavy atom. The van der Waals surface area contributed by atoms with Gasteiger partial charge < -0.3 is 4.42 Å². The molecular weight excluding hydrogens is 635 g/mol. The second kappa shape index (κ2) is 12.1. The monoisotopic (exact) mass is 695 g/mol. The standard InChI is InChI=1S/C48H61N3O/c1-25(2)19-32-15-18-39-35(23-32)44-46(52-39)34-17-16-33-41-36(24-50(28(7)8)47(26(3)4)49(14)27(5)6)45(41)51-37-21-29(9)20-30(10)40(37)31(11)22-38(51)42(33)43(34)48(44,12)13/h15-18,20-23,25-28,36,41,45H,19,24H2,1-14H3/q+2. The minimum Gasteiger partial charge on any atom is -0.456 e. The maximum atomic E-state index is 6.84. The lowest BCUT2D eigenvalue weighted by molar-refractivity contribution is -0.669. The molecule has 0 N–H and O–H groups in total. The Hall–Kier alpha value is -3.92. The van der Waals surface area contributed by atoms with Gasteiger partial charge in [0.05, 0.1) is 54.4 Å². The van der Waals surface area contributed by atoms with Crippen molar-refractivity contribution in [2.45, 2.75) is 126 Å². The Labute approximate surface area is 312 Å². The number of hydrogen-bond acceptors (Lipinski definition) is 1. The number of amidine groups is 1. The quantitative estimate of drug-likeness (QED) is 0.0961. The van der Waals surface area contributed by atoms with Gasteiger partial charge in [0.2, 0.25) is 17.0 Å². The van der Waals surface area contributed by atoms with Crippen molar-refractivity contribution in [3.8, 4) is 22.6 Å². The maximum Gasteiger partial charge on any atom is 0.249 e. The summed E-state index contributed by atoms with van der Waals surface area (Å²) in [6.45, 7) is 31.6. The second-order valence-corrected chi connectivity index (χ2v) is 18.5. The lowest BCUT2D eigenvalue weighted by Crippen LogP contribution is -2.47. The Balaban J connectivity index is 1.37. The third-order valence-corrected chi connectivity index (χ3v) is 12.9. The molecule has 3 aromatic carbocycles. The molecule has 1 aliphatic heterocycles. The first-order valence-corrected chi connectivity index (χ1v) is 20.1. The van der Waals surface area contributed by atoms with Crippen LogP contribution in [-0.2, 0) is 11.8 Å². The van der Waals surface area contributed by atoms with Crippen LogP contribution in [0.25, 0.3) is 44.5 Å². The van der Waals surface area contributed by atoms with Gasteiger partial charge in [-0.2, -0.15) is 4.57 Å². The highest BCUT2D eigenvalue weighted by Crippen LogP contribution is 2.65. The fourth-order valence-corrected chi connectivity index (χ4v) is 10.7. The molecule has 0 spiro atoms. The maximum absolute atomic E-state index is 6.84. The predicted octanol–water partition coefficient (Wildman–Crippen LogP) is 11.1. The van der Waals surface area contributed by atoms with Crippen LogP contribution in [0.5, 0.6) is 0 Å². The molecule has 8 rings (SSSR count). The molecule has 1 saturated carbocycles. The van der Waals surface area contributed by atoms with Crippen LogP contribution in [0.2, 0.25) is 0 Å². The largest absolute Gasteiger partial charge is 0.456 e. The van der Waals surface area contributed by atoms with Gasteiger partial charge in [0.15, 0.2) is 6.04 Å². The van der Waals surface area contributed by atoms with Crippen molar-refractivity contribution >= 4 is 27.7 Å². The number of aromatic nitrogens is 1. The molecule has 4 heteroatoms. The van der Waals surface area contributed by atoms with Gasteiger partial charge in [-0.3, -0.25) is 9.48 Å². The van der Waals surface area contributed by atoms with E-state index < -0.39 is 0 Å². The van der Waals surface area contributed by atoms with Gasteiger partial charge in [-0.25, -0.2) is 0 Å². The average molecular weight is 696 g/mol. The van der Waals surface area contributed by atoms with Crippen molar-refractivity contribution in [2.75, 3.05) is 13.6 Å². The number of rotatable bonds is 7. The number of aryl methyl sites for hydroxylation is 3. The van der Waals surface area contributed by atoms with Crippen LogP contribution in [0, 0.1) is 38.5 Å². The zero-order chi connectivity index (χ0) is 37.3. The molecule has 1 fully saturated rings. The van der Waals surface area contributed by atoms with Crippen LogP contribution in [0.4, 0.5) is 0 Å². The highest BCUT2D eigenvalue weighted by molar-refractivity contribution is 5.98. The Morgan fingerprint density at radius 2 is 1.60 bits per heavy atom. The van der Waals surface area contributed by atoms with Gasteiger partial charge >= 0.3 is 0 Å². The lowest BCUT2D eigenvalue weighted by atomic mass is 9.76. The summed E-state index contributed by atoms with van der Waals surface area (Å²) in [5.74, 6) is 4.55. The molecule has 52 heavy (non-hydrogen) atoms. The van der Waals surface area contributed by atoms with Crippen LogP contribution < -0.4 is 4.57 Å². The van der Waals surface area contributed by atoms with Crippen molar-refractivity contribution in [1.29, 1.82) is 0 Å². The van der Waals surface area contributed by atoms with E-state index in [0.29, 0.717) is 41.8 Å². The molecule has 5 aromatic rings. The highest BCUT2D eigenvalue weighted by atomic mass is 16.3. The Morgan fingerprint density at radius 1 is 0.885 bits per heavy atom. The summed E-state index contributed by atoms with van der Waals surface area (Å²) in [4.78, 5) is 2.74. The van der Waals surface area contributed by atoms with Crippen LogP contribution >= 0.6 is 0 Å². The van der Waals surface area contributed by atoms with E-state index in [1.807, 2.05) is 0 Å². The summed E-state index contributed by atoms with van der Waals surface area (Å²) in [6, 6.07) is 20.5. The fourth-order valence-electron chi connectivity index (χ4n) is 10.7. The Bertz CT molecular complexity index is 2310. The number of pyridine rings is 1. The molecular formula is C48H61N3O+2. The lowest BCUT2D eigenvalue weighted by Gasteiger charge is -2.28. The van der Waals surface area contributed by atoms with E-state index in [1.165, 1.54) is 77.9 Å². The Kier molecular flexibility index (Phi) is 8.14. The first-order valence-electron chi connectivity index (χ1n) is 20.1. The zero-order valence-electron chi connectivity index (χ0n) is 34.3. The first kappa shape index (κ1) is 35.1. The highest BCUT2D eigenvalue weighted by Gasteiger charge is 2.66. The molecule has 2 aliphatic carbocycles. The van der Waals surface area contributed by atoms with E-state index in [1.54, 1.807) is 0 Å². The van der Waals surface area contributed by atoms with E-state index in [9.17, 15) is 0 Å². The van der Waals surface area contributed by atoms with Crippen molar-refractivity contribution in [2.24, 2.45) is 17.8 Å². The molecule has 272 valence electrons. The summed E-state index contributed by atoms with van der Waals surface area (Å²) in [6.07, 6.45) is 1.08. The second-order valence-electron chi connectivity index (χ2n) is 18.5. The zero-order valence-corrected chi connectivity index (χ0v) is 34.3. The first-order chi connectivity index (χ1) is 24.5. The average Bonchev–Trinajstić information content (AvgIpc) is 3.53. The van der Waals surface area contributed by atoms with Gasteiger partial charge in [-0.05, 0) is 106 Å². The van der Waals surface area contributed by atoms with Crippen molar-refractivity contribution in [1.82, 2.24) is 4.90 Å². The van der Waals surface area contributed by atoms with Gasteiger partial charge in [-0.15, -0.1) is 0 Å². The molecule has 0 radical (unpaired) electrons. The van der Waals surface area contributed by atoms with Crippen LogP contribution in [0.3, 0.4) is 0 Å². The number of benzene rings is 3. The number of furan rings is 1. The van der Waals surface area contributed by atoms with E-state index in [0.717, 1.165) is 24.3 Å². The third kappa shape index (κ3) is 5.06. The van der Waals surface area contributed by atoms with Crippen LogP contribution in [0.15, 0.2) is 52.9 Å². The summed E-state index contributed by atoms with van der Waals surface area (Å²) in [5.41, 5.74) is 16.1. The summed E-state index contributed by atoms with van der Waals surface area (Å²) >= 11 is 0. The van der Waals surface area contributed by atoms with Crippen molar-refractivity contribution < 1.29 is 13.6 Å². The molecule has 3 atom stereocenters. The molecule has 2 aromatic heterocycles. The van der Waals surface area contributed by atoms with E-state index in [2.05, 4.69) is 160 Å². The molecule has 3 heterocycles. The fraction of sp³-hybridized carbons (Fsp3) is 0.500. The summed E-state index contributed by atoms with van der Waals surface area (Å²) in [7, 11) is 2.29. The van der Waals surface area contributed by atoms with E-state index >= 15 is 0 Å². The van der Waals surface area contributed by atoms with Gasteiger partial charge in [0.1, 0.15) is 11.3 Å².